The molecular formula is C56H103NO5. The van der Waals surface area contributed by atoms with Crippen molar-refractivity contribution in [3.05, 3.63) is 48.6 Å². The van der Waals surface area contributed by atoms with Crippen LogP contribution in [-0.4, -0.2) is 47.4 Å². The Morgan fingerprint density at radius 3 is 1.26 bits per heavy atom. The third kappa shape index (κ3) is 47.3. The molecule has 2 unspecified atom stereocenters. The van der Waals surface area contributed by atoms with E-state index in [1.807, 2.05) is 6.08 Å². The van der Waals surface area contributed by atoms with E-state index in [1.54, 1.807) is 6.08 Å². The van der Waals surface area contributed by atoms with E-state index in [0.29, 0.717) is 19.4 Å². The van der Waals surface area contributed by atoms with E-state index in [9.17, 15) is 19.8 Å². The molecule has 362 valence electrons. The maximum absolute atomic E-state index is 12.4. The van der Waals surface area contributed by atoms with Crippen molar-refractivity contribution in [2.75, 3.05) is 13.2 Å². The minimum Gasteiger partial charge on any atom is -0.466 e. The zero-order valence-corrected chi connectivity index (χ0v) is 41.1. The number of esters is 1. The molecule has 0 saturated heterocycles. The predicted molar refractivity (Wildman–Crippen MR) is 269 cm³/mol. The molecule has 0 aliphatic carbocycles. The average molecular weight is 870 g/mol. The van der Waals surface area contributed by atoms with Crippen molar-refractivity contribution in [3.8, 4) is 0 Å². The maximum Gasteiger partial charge on any atom is 0.305 e. The molecule has 6 heteroatoms. The number of allylic oxidation sites excluding steroid dienone is 7. The van der Waals surface area contributed by atoms with Crippen LogP contribution < -0.4 is 5.32 Å². The van der Waals surface area contributed by atoms with Gasteiger partial charge in [0.05, 0.1) is 25.4 Å². The second-order valence-corrected chi connectivity index (χ2v) is 18.2. The Balaban J connectivity index is 3.44. The first kappa shape index (κ1) is 59.8. The monoisotopic (exact) mass is 870 g/mol. The molecular weight excluding hydrogens is 767 g/mol. The number of amides is 1. The lowest BCUT2D eigenvalue weighted by Gasteiger charge is -2.20. The molecule has 3 N–H and O–H groups in total. The largest absolute Gasteiger partial charge is 0.466 e. The van der Waals surface area contributed by atoms with Gasteiger partial charge >= 0.3 is 5.97 Å². The first-order valence-electron chi connectivity index (χ1n) is 26.9. The van der Waals surface area contributed by atoms with Crippen LogP contribution >= 0.6 is 0 Å². The molecule has 0 aromatic rings. The quantitative estimate of drug-likeness (QED) is 0.0322. The Hall–Kier alpha value is -2.18. The Morgan fingerprint density at radius 2 is 0.806 bits per heavy atom. The Kier molecular flexibility index (Phi) is 49.6. The fourth-order valence-electron chi connectivity index (χ4n) is 7.89. The molecule has 0 aromatic carbocycles. The first-order valence-corrected chi connectivity index (χ1v) is 26.9. The summed E-state index contributed by atoms with van der Waals surface area (Å²) in [5.41, 5.74) is 0. The fourth-order valence-corrected chi connectivity index (χ4v) is 7.89. The van der Waals surface area contributed by atoms with Crippen LogP contribution in [0.3, 0.4) is 0 Å². The number of carbonyl (C=O) groups is 2. The number of rotatable bonds is 49. The summed E-state index contributed by atoms with van der Waals surface area (Å²) < 4.78 is 5.47. The highest BCUT2D eigenvalue weighted by Gasteiger charge is 2.18. The zero-order chi connectivity index (χ0) is 45.1. The van der Waals surface area contributed by atoms with Gasteiger partial charge < -0.3 is 20.3 Å². The van der Waals surface area contributed by atoms with Gasteiger partial charge in [-0.25, -0.2) is 0 Å². The molecule has 0 aromatic heterocycles. The van der Waals surface area contributed by atoms with Crippen LogP contribution in [0.25, 0.3) is 0 Å². The Bertz CT molecular complexity index is 1050. The number of ether oxygens (including phenoxy) is 1. The minimum atomic E-state index is -0.848. The van der Waals surface area contributed by atoms with E-state index in [2.05, 4.69) is 55.6 Å². The summed E-state index contributed by atoms with van der Waals surface area (Å²) >= 11 is 0. The number of aliphatic hydroxyl groups excluding tert-OH is 2. The Morgan fingerprint density at radius 1 is 0.452 bits per heavy atom. The lowest BCUT2D eigenvalue weighted by atomic mass is 10.1. The lowest BCUT2D eigenvalue weighted by molar-refractivity contribution is -0.143. The molecule has 0 saturated carbocycles. The summed E-state index contributed by atoms with van der Waals surface area (Å²) in [6, 6.07) is -0.633. The molecule has 2 atom stereocenters. The third-order valence-corrected chi connectivity index (χ3v) is 12.1. The van der Waals surface area contributed by atoms with E-state index in [0.717, 1.165) is 57.8 Å². The molecule has 0 radical (unpaired) electrons. The normalized spacial score (nSPS) is 13.0. The first-order chi connectivity index (χ1) is 30.5. The van der Waals surface area contributed by atoms with Crippen LogP contribution in [0, 0.1) is 0 Å². The van der Waals surface area contributed by atoms with Gasteiger partial charge in [0.15, 0.2) is 0 Å². The molecule has 0 spiro atoms. The van der Waals surface area contributed by atoms with Crippen LogP contribution in [0.15, 0.2) is 48.6 Å². The van der Waals surface area contributed by atoms with Crippen molar-refractivity contribution in [2.24, 2.45) is 0 Å². The summed E-state index contributed by atoms with van der Waals surface area (Å²) in [6.45, 7) is 4.83. The lowest BCUT2D eigenvalue weighted by Crippen LogP contribution is -2.45. The standard InChI is InChI=1S/C56H103NO5/c1-3-5-7-9-11-13-14-15-16-24-27-30-34-38-42-46-50-56(61)62-51-47-43-39-35-31-28-25-22-20-18-17-19-21-23-26-29-33-37-41-45-49-55(60)57-53(52-58)54(59)48-44-40-36-32-12-10-8-6-4-2/h13-14,16-17,19,24,44,48,53-54,58-59H,3-12,15,18,20-23,25-43,45-47,49-52H2,1-2H3,(H,57,60)/b14-13-,19-17-,24-16-,48-44+. The van der Waals surface area contributed by atoms with Crippen LogP contribution in [0.1, 0.15) is 271 Å². The molecule has 0 aliphatic heterocycles. The predicted octanol–water partition coefficient (Wildman–Crippen LogP) is 16.2. The molecule has 1 amide bonds. The van der Waals surface area contributed by atoms with Crippen molar-refractivity contribution in [1.82, 2.24) is 5.32 Å². The summed E-state index contributed by atoms with van der Waals surface area (Å²) in [6.07, 6.45) is 64.1. The number of carbonyl (C=O) groups excluding carboxylic acids is 2. The summed E-state index contributed by atoms with van der Waals surface area (Å²) in [7, 11) is 0. The van der Waals surface area contributed by atoms with Gasteiger partial charge in [-0.15, -0.1) is 0 Å². The van der Waals surface area contributed by atoms with Gasteiger partial charge in [-0.2, -0.15) is 0 Å². The van der Waals surface area contributed by atoms with Crippen LogP contribution in [0.5, 0.6) is 0 Å². The average Bonchev–Trinajstić information content (AvgIpc) is 3.27. The molecule has 62 heavy (non-hydrogen) atoms. The SMILES string of the molecule is CCCCCC/C=C\C/C=C\CCCCCCCC(=O)OCCCCCCCCCCC/C=C\CCCCCCCCCC(=O)NC(CO)C(O)/C=C/CCCCCCCCC. The van der Waals surface area contributed by atoms with E-state index in [4.69, 9.17) is 4.74 Å². The van der Waals surface area contributed by atoms with Crippen molar-refractivity contribution in [2.45, 2.75) is 283 Å². The number of hydrogen-bond acceptors (Lipinski definition) is 5. The van der Waals surface area contributed by atoms with Crippen LogP contribution in [0.2, 0.25) is 0 Å². The van der Waals surface area contributed by atoms with Gasteiger partial charge in [-0.05, 0) is 89.9 Å². The number of hydrogen-bond donors (Lipinski definition) is 3. The molecule has 0 aliphatic rings. The Labute approximate surface area is 385 Å². The van der Waals surface area contributed by atoms with Crippen LogP contribution in [-0.2, 0) is 14.3 Å². The molecule has 0 bridgehead atoms. The summed E-state index contributed by atoms with van der Waals surface area (Å²) in [5, 5.41) is 22.9. The molecule has 6 nitrogen and oxygen atoms in total. The van der Waals surface area contributed by atoms with Gasteiger partial charge in [0.25, 0.3) is 0 Å². The van der Waals surface area contributed by atoms with E-state index in [-0.39, 0.29) is 18.5 Å². The fraction of sp³-hybridized carbons (Fsp3) is 0.821. The summed E-state index contributed by atoms with van der Waals surface area (Å²) in [4.78, 5) is 24.4. The van der Waals surface area contributed by atoms with Crippen molar-refractivity contribution in [3.63, 3.8) is 0 Å². The smallest absolute Gasteiger partial charge is 0.305 e. The van der Waals surface area contributed by atoms with Gasteiger partial charge in [0, 0.05) is 12.8 Å². The van der Waals surface area contributed by atoms with E-state index < -0.39 is 12.1 Å². The number of nitrogens with one attached hydrogen (secondary N) is 1. The van der Waals surface area contributed by atoms with Crippen molar-refractivity contribution >= 4 is 11.9 Å². The van der Waals surface area contributed by atoms with Gasteiger partial charge in [-0.3, -0.25) is 9.59 Å². The molecule has 0 heterocycles. The second-order valence-electron chi connectivity index (χ2n) is 18.2. The summed E-state index contributed by atoms with van der Waals surface area (Å²) in [5.74, 6) is -0.0898. The highest BCUT2D eigenvalue weighted by molar-refractivity contribution is 5.76. The highest BCUT2D eigenvalue weighted by atomic mass is 16.5. The number of unbranched alkanes of at least 4 members (excludes halogenated alkanes) is 32. The zero-order valence-electron chi connectivity index (χ0n) is 41.1. The third-order valence-electron chi connectivity index (χ3n) is 12.1. The van der Waals surface area contributed by atoms with E-state index in [1.165, 1.54) is 186 Å². The van der Waals surface area contributed by atoms with E-state index >= 15 is 0 Å². The number of aliphatic hydroxyl groups is 2. The minimum absolute atomic E-state index is 0.00898. The maximum atomic E-state index is 12.4. The topological polar surface area (TPSA) is 95.9 Å². The van der Waals surface area contributed by atoms with Crippen molar-refractivity contribution < 1.29 is 24.5 Å². The van der Waals surface area contributed by atoms with Gasteiger partial charge in [-0.1, -0.05) is 217 Å². The van der Waals surface area contributed by atoms with Crippen molar-refractivity contribution in [1.29, 1.82) is 0 Å². The highest BCUT2D eigenvalue weighted by Crippen LogP contribution is 2.15. The molecule has 0 rings (SSSR count). The second kappa shape index (κ2) is 51.5. The van der Waals surface area contributed by atoms with Gasteiger partial charge in [0.2, 0.25) is 5.91 Å². The van der Waals surface area contributed by atoms with Gasteiger partial charge in [0.1, 0.15) is 0 Å². The molecule has 0 fully saturated rings. The van der Waals surface area contributed by atoms with Crippen LogP contribution in [0.4, 0.5) is 0 Å².